The third-order valence-corrected chi connectivity index (χ3v) is 3.15. The van der Waals surface area contributed by atoms with E-state index in [1.54, 1.807) is 0 Å². The molecule has 0 aromatic heterocycles. The average molecular weight is 285 g/mol. The molecule has 1 fully saturated rings. The lowest BCUT2D eigenvalue weighted by Gasteiger charge is -2.11. The van der Waals surface area contributed by atoms with Crippen molar-refractivity contribution in [3.63, 3.8) is 0 Å². The lowest BCUT2D eigenvalue weighted by atomic mass is 10.1. The minimum atomic E-state index is -0.600. The van der Waals surface area contributed by atoms with Crippen LogP contribution in [0.25, 0.3) is 0 Å². The summed E-state index contributed by atoms with van der Waals surface area (Å²) in [7, 11) is 0. The van der Waals surface area contributed by atoms with Crippen LogP contribution in [-0.4, -0.2) is 30.1 Å². The van der Waals surface area contributed by atoms with Gasteiger partial charge in [-0.3, -0.25) is 14.9 Å². The first kappa shape index (κ1) is 13.8. The van der Waals surface area contributed by atoms with Gasteiger partial charge in [0.1, 0.15) is 5.56 Å². The van der Waals surface area contributed by atoms with Gasteiger partial charge in [-0.1, -0.05) is 11.6 Å². The molecular weight excluding hydrogens is 272 g/mol. The summed E-state index contributed by atoms with van der Waals surface area (Å²) in [4.78, 5) is 22.2. The molecule has 1 aromatic carbocycles. The summed E-state index contributed by atoms with van der Waals surface area (Å²) < 4.78 is 5.37. The normalized spacial score (nSPS) is 18.3. The van der Waals surface area contributed by atoms with E-state index in [2.05, 4.69) is 5.32 Å². The Kier molecular flexibility index (Phi) is 4.34. The maximum Gasteiger partial charge on any atom is 0.282 e. The van der Waals surface area contributed by atoms with Gasteiger partial charge in [0.15, 0.2) is 0 Å². The SMILES string of the molecule is O=C(NC[C@@H]1CCCO1)c1cc(Cl)ccc1[N+](=O)[O-]. The first-order valence-electron chi connectivity index (χ1n) is 5.91. The van der Waals surface area contributed by atoms with Crippen molar-refractivity contribution in [1.82, 2.24) is 5.32 Å². The Morgan fingerprint density at radius 1 is 1.58 bits per heavy atom. The van der Waals surface area contributed by atoms with E-state index in [-0.39, 0.29) is 22.4 Å². The molecule has 1 amide bonds. The molecule has 1 heterocycles. The molecule has 1 N–H and O–H groups in total. The number of carbonyl (C=O) groups is 1. The zero-order valence-corrected chi connectivity index (χ0v) is 10.9. The Balaban J connectivity index is 2.08. The van der Waals surface area contributed by atoms with Crippen LogP contribution in [0.5, 0.6) is 0 Å². The van der Waals surface area contributed by atoms with Gasteiger partial charge >= 0.3 is 0 Å². The number of nitrogens with one attached hydrogen (secondary N) is 1. The summed E-state index contributed by atoms with van der Waals surface area (Å²) in [5.74, 6) is -0.510. The fraction of sp³-hybridized carbons (Fsp3) is 0.417. The summed E-state index contributed by atoms with van der Waals surface area (Å²) in [6.45, 7) is 1.04. The highest BCUT2D eigenvalue weighted by atomic mass is 35.5. The summed E-state index contributed by atoms with van der Waals surface area (Å²) in [5, 5.41) is 13.8. The number of hydrogen-bond acceptors (Lipinski definition) is 4. The maximum absolute atomic E-state index is 11.9. The van der Waals surface area contributed by atoms with Gasteiger partial charge < -0.3 is 10.1 Å². The number of nitro groups is 1. The lowest BCUT2D eigenvalue weighted by molar-refractivity contribution is -0.385. The third-order valence-electron chi connectivity index (χ3n) is 2.91. The van der Waals surface area contributed by atoms with Gasteiger partial charge in [0.25, 0.3) is 11.6 Å². The number of benzene rings is 1. The number of rotatable bonds is 4. The van der Waals surface area contributed by atoms with Crippen molar-refractivity contribution in [3.05, 3.63) is 38.9 Å². The molecule has 0 aliphatic carbocycles. The highest BCUT2D eigenvalue weighted by Gasteiger charge is 2.22. The van der Waals surface area contributed by atoms with Gasteiger partial charge in [-0.15, -0.1) is 0 Å². The molecule has 0 saturated carbocycles. The number of nitro benzene ring substituents is 1. The molecule has 6 nitrogen and oxygen atoms in total. The molecule has 0 spiro atoms. The zero-order chi connectivity index (χ0) is 13.8. The van der Waals surface area contributed by atoms with Gasteiger partial charge in [-0.2, -0.15) is 0 Å². The molecule has 7 heteroatoms. The van der Waals surface area contributed by atoms with E-state index in [9.17, 15) is 14.9 Å². The average Bonchev–Trinajstić information content (AvgIpc) is 2.88. The molecule has 19 heavy (non-hydrogen) atoms. The van der Waals surface area contributed by atoms with Gasteiger partial charge in [0.2, 0.25) is 0 Å². The molecule has 2 rings (SSSR count). The highest BCUT2D eigenvalue weighted by Crippen LogP contribution is 2.22. The molecule has 1 atom stereocenters. The monoisotopic (exact) mass is 284 g/mol. The lowest BCUT2D eigenvalue weighted by Crippen LogP contribution is -2.32. The van der Waals surface area contributed by atoms with Crippen molar-refractivity contribution in [2.75, 3.05) is 13.2 Å². The Hall–Kier alpha value is -1.66. The van der Waals surface area contributed by atoms with Crippen molar-refractivity contribution >= 4 is 23.2 Å². The minimum Gasteiger partial charge on any atom is -0.376 e. The molecule has 1 aromatic rings. The smallest absolute Gasteiger partial charge is 0.282 e. The predicted molar refractivity (Wildman–Crippen MR) is 69.4 cm³/mol. The van der Waals surface area contributed by atoms with Crippen LogP contribution >= 0.6 is 11.6 Å². The number of ether oxygens (including phenoxy) is 1. The number of hydrogen-bond donors (Lipinski definition) is 1. The minimum absolute atomic E-state index is 0.0119. The summed E-state index contributed by atoms with van der Waals surface area (Å²) >= 11 is 5.77. The van der Waals surface area contributed by atoms with Gasteiger partial charge in [0, 0.05) is 24.2 Å². The van der Waals surface area contributed by atoms with Crippen LogP contribution in [0.2, 0.25) is 5.02 Å². The number of carbonyl (C=O) groups excluding carboxylic acids is 1. The van der Waals surface area contributed by atoms with Gasteiger partial charge in [0.05, 0.1) is 11.0 Å². The fourth-order valence-corrected chi connectivity index (χ4v) is 2.13. The summed E-state index contributed by atoms with van der Waals surface area (Å²) in [6, 6.07) is 3.91. The molecule has 102 valence electrons. The van der Waals surface area contributed by atoms with Crippen molar-refractivity contribution in [3.8, 4) is 0 Å². The van der Waals surface area contributed by atoms with E-state index in [4.69, 9.17) is 16.3 Å². The second-order valence-electron chi connectivity index (χ2n) is 4.26. The molecule has 0 radical (unpaired) electrons. The van der Waals surface area contributed by atoms with Crippen LogP contribution in [0.15, 0.2) is 18.2 Å². The number of nitrogens with zero attached hydrogens (tertiary/aromatic N) is 1. The van der Waals surface area contributed by atoms with E-state index in [1.807, 2.05) is 0 Å². The van der Waals surface area contributed by atoms with Gasteiger partial charge in [-0.05, 0) is 25.0 Å². The second kappa shape index (κ2) is 5.99. The molecule has 0 bridgehead atoms. The maximum atomic E-state index is 11.9. The molecular formula is C12H13ClN2O4. The van der Waals surface area contributed by atoms with Crippen LogP contribution in [0.4, 0.5) is 5.69 Å². The van der Waals surface area contributed by atoms with E-state index >= 15 is 0 Å². The van der Waals surface area contributed by atoms with Crippen LogP contribution in [0.3, 0.4) is 0 Å². The Labute approximate surface area is 114 Å². The van der Waals surface area contributed by atoms with Crippen molar-refractivity contribution < 1.29 is 14.5 Å². The number of amides is 1. The molecule has 1 aliphatic heterocycles. The van der Waals surface area contributed by atoms with Crippen molar-refractivity contribution in [2.45, 2.75) is 18.9 Å². The van der Waals surface area contributed by atoms with Crippen LogP contribution in [0.1, 0.15) is 23.2 Å². The molecule has 1 saturated heterocycles. The highest BCUT2D eigenvalue weighted by molar-refractivity contribution is 6.31. The zero-order valence-electron chi connectivity index (χ0n) is 10.1. The fourth-order valence-electron chi connectivity index (χ4n) is 1.96. The van der Waals surface area contributed by atoms with E-state index in [1.165, 1.54) is 18.2 Å². The first-order chi connectivity index (χ1) is 9.08. The first-order valence-corrected chi connectivity index (χ1v) is 6.29. The van der Waals surface area contributed by atoms with E-state index < -0.39 is 10.8 Å². The van der Waals surface area contributed by atoms with Crippen LogP contribution < -0.4 is 5.32 Å². The number of halogens is 1. The largest absolute Gasteiger partial charge is 0.376 e. The van der Waals surface area contributed by atoms with Gasteiger partial charge in [-0.25, -0.2) is 0 Å². The Morgan fingerprint density at radius 3 is 3.00 bits per heavy atom. The summed E-state index contributed by atoms with van der Waals surface area (Å²) in [5.41, 5.74) is -0.287. The van der Waals surface area contributed by atoms with Crippen LogP contribution in [0, 0.1) is 10.1 Å². The standard InChI is InChI=1S/C12H13ClN2O4/c13-8-3-4-11(15(17)18)10(6-8)12(16)14-7-9-2-1-5-19-9/h3-4,6,9H,1-2,5,7H2,(H,14,16)/t9-/m0/s1. The van der Waals surface area contributed by atoms with Crippen molar-refractivity contribution in [1.29, 1.82) is 0 Å². The second-order valence-corrected chi connectivity index (χ2v) is 4.70. The van der Waals surface area contributed by atoms with E-state index in [0.717, 1.165) is 12.8 Å². The quantitative estimate of drug-likeness (QED) is 0.678. The van der Waals surface area contributed by atoms with E-state index in [0.29, 0.717) is 13.2 Å². The molecule has 1 aliphatic rings. The summed E-state index contributed by atoms with van der Waals surface area (Å²) in [6.07, 6.45) is 1.85. The Bertz CT molecular complexity index is 501. The predicted octanol–water partition coefficient (Wildman–Crippen LogP) is 2.16. The third kappa shape index (κ3) is 3.42. The Morgan fingerprint density at radius 2 is 2.37 bits per heavy atom. The topological polar surface area (TPSA) is 81.5 Å². The van der Waals surface area contributed by atoms with Crippen LogP contribution in [-0.2, 0) is 4.74 Å². The van der Waals surface area contributed by atoms with Crippen molar-refractivity contribution in [2.24, 2.45) is 0 Å². The molecule has 0 unspecified atom stereocenters.